The maximum absolute atomic E-state index is 10.7. The Balaban J connectivity index is 1.69. The average Bonchev–Trinajstić information content (AvgIpc) is 3.07. The van der Waals surface area contributed by atoms with E-state index in [9.17, 15) is 10.1 Å². The van der Waals surface area contributed by atoms with Gasteiger partial charge in [-0.2, -0.15) is 0 Å². The van der Waals surface area contributed by atoms with Gasteiger partial charge in [0.1, 0.15) is 0 Å². The Morgan fingerprint density at radius 1 is 1.20 bits per heavy atom. The number of benzene rings is 1. The van der Waals surface area contributed by atoms with Crippen LogP contribution >= 0.6 is 0 Å². The molecule has 2 aliphatic rings. The second-order valence-electron chi connectivity index (χ2n) is 6.06. The molecule has 2 aliphatic heterocycles. The molecule has 108 valence electrons. The fourth-order valence-electron chi connectivity index (χ4n) is 3.57. The minimum absolute atomic E-state index is 0.167. The van der Waals surface area contributed by atoms with Gasteiger partial charge in [-0.05, 0) is 38.1 Å². The van der Waals surface area contributed by atoms with Crippen molar-refractivity contribution in [3.05, 3.63) is 34.4 Å². The highest BCUT2D eigenvalue weighted by atomic mass is 16.6. The Bertz CT molecular complexity index is 502. The monoisotopic (exact) mass is 275 g/mol. The lowest BCUT2D eigenvalue weighted by Crippen LogP contribution is -2.30. The summed E-state index contributed by atoms with van der Waals surface area (Å²) in [4.78, 5) is 15.3. The smallest absolute Gasteiger partial charge is 0.269 e. The largest absolute Gasteiger partial charge is 0.371 e. The van der Waals surface area contributed by atoms with Gasteiger partial charge < -0.3 is 9.80 Å². The van der Waals surface area contributed by atoms with Crippen molar-refractivity contribution in [2.75, 3.05) is 37.6 Å². The first-order valence-corrected chi connectivity index (χ1v) is 7.34. The highest BCUT2D eigenvalue weighted by Gasteiger charge is 2.42. The predicted octanol–water partition coefficient (Wildman–Crippen LogP) is 2.52. The average molecular weight is 275 g/mol. The molecule has 2 fully saturated rings. The third-order valence-electron chi connectivity index (χ3n) is 4.83. The number of nitro groups is 1. The van der Waals surface area contributed by atoms with Gasteiger partial charge in [-0.3, -0.25) is 10.1 Å². The lowest BCUT2D eigenvalue weighted by molar-refractivity contribution is -0.384. The van der Waals surface area contributed by atoms with Gasteiger partial charge in [0.05, 0.1) is 4.92 Å². The summed E-state index contributed by atoms with van der Waals surface area (Å²) in [6.07, 6.45) is 2.52. The zero-order valence-corrected chi connectivity index (χ0v) is 11.9. The van der Waals surface area contributed by atoms with Crippen LogP contribution in [0.4, 0.5) is 11.4 Å². The Morgan fingerprint density at radius 2 is 1.90 bits per heavy atom. The molecule has 20 heavy (non-hydrogen) atoms. The van der Waals surface area contributed by atoms with Crippen molar-refractivity contribution in [3.8, 4) is 0 Å². The summed E-state index contributed by atoms with van der Waals surface area (Å²) >= 11 is 0. The van der Waals surface area contributed by atoms with E-state index in [2.05, 4.69) is 16.7 Å². The molecule has 2 saturated heterocycles. The third-order valence-corrected chi connectivity index (χ3v) is 4.83. The Labute approximate surface area is 119 Å². The van der Waals surface area contributed by atoms with Crippen molar-refractivity contribution in [2.24, 2.45) is 5.41 Å². The normalized spacial score (nSPS) is 26.6. The van der Waals surface area contributed by atoms with E-state index >= 15 is 0 Å². The molecule has 0 saturated carbocycles. The van der Waals surface area contributed by atoms with Crippen molar-refractivity contribution in [2.45, 2.75) is 19.8 Å². The number of anilines is 1. The van der Waals surface area contributed by atoms with Crippen LogP contribution in [-0.2, 0) is 0 Å². The molecule has 0 amide bonds. The summed E-state index contributed by atoms with van der Waals surface area (Å²) in [7, 11) is 0. The third kappa shape index (κ3) is 2.38. The molecule has 1 aromatic rings. The summed E-state index contributed by atoms with van der Waals surface area (Å²) in [5.41, 5.74) is 1.72. The molecule has 1 spiro atoms. The minimum Gasteiger partial charge on any atom is -0.371 e. The van der Waals surface area contributed by atoms with Crippen LogP contribution in [-0.4, -0.2) is 42.5 Å². The van der Waals surface area contributed by atoms with E-state index in [0.717, 1.165) is 25.3 Å². The minimum atomic E-state index is -0.342. The molecule has 5 heteroatoms. The lowest BCUT2D eigenvalue weighted by atomic mass is 9.86. The number of rotatable bonds is 3. The molecule has 1 atom stereocenters. The molecule has 0 aromatic heterocycles. The summed E-state index contributed by atoms with van der Waals surface area (Å²) in [5.74, 6) is 0. The molecular formula is C15H21N3O2. The van der Waals surface area contributed by atoms with Crippen LogP contribution in [0.1, 0.15) is 19.8 Å². The van der Waals surface area contributed by atoms with Gasteiger partial charge in [-0.1, -0.05) is 6.92 Å². The zero-order valence-electron chi connectivity index (χ0n) is 11.9. The Hall–Kier alpha value is -1.62. The van der Waals surface area contributed by atoms with Crippen LogP contribution in [0, 0.1) is 15.5 Å². The number of hydrogen-bond acceptors (Lipinski definition) is 4. The van der Waals surface area contributed by atoms with E-state index in [-0.39, 0.29) is 10.6 Å². The van der Waals surface area contributed by atoms with Crippen molar-refractivity contribution in [1.29, 1.82) is 0 Å². The second-order valence-corrected chi connectivity index (χ2v) is 6.06. The van der Waals surface area contributed by atoms with E-state index < -0.39 is 0 Å². The maximum Gasteiger partial charge on any atom is 0.269 e. The van der Waals surface area contributed by atoms with Gasteiger partial charge in [-0.15, -0.1) is 0 Å². The van der Waals surface area contributed by atoms with E-state index in [1.54, 1.807) is 12.1 Å². The summed E-state index contributed by atoms with van der Waals surface area (Å²) < 4.78 is 0. The molecule has 2 heterocycles. The van der Waals surface area contributed by atoms with Gasteiger partial charge in [-0.25, -0.2) is 0 Å². The fourth-order valence-corrected chi connectivity index (χ4v) is 3.57. The molecule has 0 bridgehead atoms. The summed E-state index contributed by atoms with van der Waals surface area (Å²) in [5, 5.41) is 10.7. The van der Waals surface area contributed by atoms with Crippen LogP contribution in [0.5, 0.6) is 0 Å². The van der Waals surface area contributed by atoms with Crippen LogP contribution in [0.3, 0.4) is 0 Å². The van der Waals surface area contributed by atoms with Crippen LogP contribution in [0.15, 0.2) is 24.3 Å². The number of hydrogen-bond donors (Lipinski definition) is 0. The van der Waals surface area contributed by atoms with Crippen molar-refractivity contribution >= 4 is 11.4 Å². The molecule has 0 N–H and O–H groups in total. The fraction of sp³-hybridized carbons (Fsp3) is 0.600. The summed E-state index contributed by atoms with van der Waals surface area (Å²) in [6.45, 7) is 7.93. The molecule has 0 aliphatic carbocycles. The number of likely N-dealkylation sites (tertiary alicyclic amines) is 1. The maximum atomic E-state index is 10.7. The Morgan fingerprint density at radius 3 is 2.50 bits per heavy atom. The van der Waals surface area contributed by atoms with E-state index in [0.29, 0.717) is 5.41 Å². The highest BCUT2D eigenvalue weighted by Crippen LogP contribution is 2.41. The van der Waals surface area contributed by atoms with Crippen LogP contribution in [0.25, 0.3) is 0 Å². The molecule has 0 radical (unpaired) electrons. The van der Waals surface area contributed by atoms with Gasteiger partial charge in [0.25, 0.3) is 5.69 Å². The summed E-state index contributed by atoms with van der Waals surface area (Å²) in [6, 6.07) is 6.97. The quantitative estimate of drug-likeness (QED) is 0.628. The Kier molecular flexibility index (Phi) is 3.38. The van der Waals surface area contributed by atoms with Crippen LogP contribution < -0.4 is 4.90 Å². The molecule has 0 unspecified atom stereocenters. The van der Waals surface area contributed by atoms with Crippen molar-refractivity contribution in [1.82, 2.24) is 4.90 Å². The van der Waals surface area contributed by atoms with Gasteiger partial charge in [0, 0.05) is 42.9 Å². The molecule has 1 aromatic carbocycles. The SMILES string of the molecule is CCN1CC[C@]2(CCN(c3ccc([N+](=O)[O-])cc3)C2)C1. The van der Waals surface area contributed by atoms with Gasteiger partial charge in [0.2, 0.25) is 0 Å². The standard InChI is InChI=1S/C15H21N3O2/c1-2-16-9-7-15(11-16)8-10-17(12-15)13-3-5-14(6-4-13)18(19)20/h3-6H,2,7-12H2,1H3/t15-/m0/s1. The number of nitro benzene ring substituents is 1. The van der Waals surface area contributed by atoms with Crippen LogP contribution in [0.2, 0.25) is 0 Å². The lowest BCUT2D eigenvalue weighted by Gasteiger charge is -2.25. The topological polar surface area (TPSA) is 49.6 Å². The predicted molar refractivity (Wildman–Crippen MR) is 79.1 cm³/mol. The second kappa shape index (κ2) is 5.05. The van der Waals surface area contributed by atoms with Crippen molar-refractivity contribution in [3.63, 3.8) is 0 Å². The number of non-ortho nitro benzene ring substituents is 1. The van der Waals surface area contributed by atoms with Crippen molar-refractivity contribution < 1.29 is 4.92 Å². The molecule has 5 nitrogen and oxygen atoms in total. The van der Waals surface area contributed by atoms with Gasteiger partial charge >= 0.3 is 0 Å². The first kappa shape index (κ1) is 13.4. The zero-order chi connectivity index (χ0) is 14.2. The molecular weight excluding hydrogens is 254 g/mol. The van der Waals surface area contributed by atoms with Gasteiger partial charge in [0.15, 0.2) is 0 Å². The number of nitrogens with zero attached hydrogens (tertiary/aromatic N) is 3. The highest BCUT2D eigenvalue weighted by molar-refractivity contribution is 5.52. The first-order chi connectivity index (χ1) is 9.62. The van der Waals surface area contributed by atoms with E-state index in [4.69, 9.17) is 0 Å². The van der Waals surface area contributed by atoms with E-state index in [1.165, 1.54) is 25.9 Å². The van der Waals surface area contributed by atoms with E-state index in [1.807, 2.05) is 12.1 Å². The molecule has 3 rings (SSSR count). The first-order valence-electron chi connectivity index (χ1n) is 7.34.